The lowest BCUT2D eigenvalue weighted by Gasteiger charge is -2.49. The van der Waals surface area contributed by atoms with Crippen molar-refractivity contribution in [2.75, 3.05) is 13.1 Å². The highest BCUT2D eigenvalue weighted by molar-refractivity contribution is 6.30. The molecule has 0 aromatic heterocycles. The molecule has 3 heteroatoms. The molecule has 0 N–H and O–H groups in total. The van der Waals surface area contributed by atoms with Crippen molar-refractivity contribution in [3.05, 3.63) is 107 Å². The van der Waals surface area contributed by atoms with Crippen molar-refractivity contribution < 1.29 is 0 Å². The molecule has 3 aromatic carbocycles. The van der Waals surface area contributed by atoms with Gasteiger partial charge in [-0.1, -0.05) is 84.4 Å². The summed E-state index contributed by atoms with van der Waals surface area (Å²) in [4.78, 5) is 7.92. The van der Waals surface area contributed by atoms with Crippen LogP contribution in [0.3, 0.4) is 0 Å². The monoisotopic (exact) mass is 414 g/mol. The number of nitrogens with zero attached hydrogens (tertiary/aromatic N) is 2. The van der Waals surface area contributed by atoms with E-state index in [-0.39, 0.29) is 0 Å². The number of piperidine rings is 3. The third-order valence-electron chi connectivity index (χ3n) is 6.61. The van der Waals surface area contributed by atoms with E-state index in [1.165, 1.54) is 48.3 Å². The smallest absolute Gasteiger partial charge is 0.0640 e. The van der Waals surface area contributed by atoms with Crippen molar-refractivity contribution in [3.63, 3.8) is 0 Å². The van der Waals surface area contributed by atoms with Gasteiger partial charge in [-0.05, 0) is 54.8 Å². The minimum Gasteiger partial charge on any atom is -0.294 e. The van der Waals surface area contributed by atoms with Gasteiger partial charge in [0, 0.05) is 22.6 Å². The Morgan fingerprint density at radius 2 is 1.47 bits per heavy atom. The summed E-state index contributed by atoms with van der Waals surface area (Å²) < 4.78 is 0. The molecule has 3 aliphatic rings. The number of hydrogen-bond acceptors (Lipinski definition) is 2. The summed E-state index contributed by atoms with van der Waals surface area (Å²) in [7, 11) is 0. The molecule has 1 unspecified atom stereocenters. The lowest BCUT2D eigenvalue weighted by molar-refractivity contribution is 0.135. The van der Waals surface area contributed by atoms with E-state index in [1.807, 2.05) is 18.2 Å². The Labute approximate surface area is 184 Å². The summed E-state index contributed by atoms with van der Waals surface area (Å²) in [6.45, 7) is 3.04. The normalized spacial score (nSPS) is 24.5. The van der Waals surface area contributed by atoms with E-state index >= 15 is 0 Å². The zero-order chi connectivity index (χ0) is 20.3. The second kappa shape index (κ2) is 8.75. The fourth-order valence-corrected chi connectivity index (χ4v) is 5.41. The highest BCUT2D eigenvalue weighted by Gasteiger charge is 2.43. The summed E-state index contributed by atoms with van der Waals surface area (Å²) >= 11 is 6.21. The molecule has 6 rings (SSSR count). The first-order chi connectivity index (χ1) is 14.8. The Bertz CT molecular complexity index is 968. The van der Waals surface area contributed by atoms with Crippen molar-refractivity contribution in [3.8, 4) is 0 Å². The molecule has 0 saturated carbocycles. The number of hydrogen-bond donors (Lipinski definition) is 0. The largest absolute Gasteiger partial charge is 0.294 e. The summed E-state index contributed by atoms with van der Waals surface area (Å²) in [5.74, 6) is 0.891. The van der Waals surface area contributed by atoms with Crippen LogP contribution in [0.5, 0.6) is 0 Å². The standard InChI is InChI=1S/C27H27ClN2/c28-24-13-7-8-20(18-24)19-29-26-23-14-16-30(17-15-23)27(26)25(21-9-3-1-4-10-21)22-11-5-2-6-12-22/h1-13,18,23,25,27H,14-17,19H2/b29-26+. The first-order valence-corrected chi connectivity index (χ1v) is 11.3. The van der Waals surface area contributed by atoms with Crippen molar-refractivity contribution in [1.29, 1.82) is 0 Å². The molecule has 0 amide bonds. The van der Waals surface area contributed by atoms with Crippen molar-refractivity contribution in [1.82, 2.24) is 4.90 Å². The van der Waals surface area contributed by atoms with Gasteiger partial charge in [-0.15, -0.1) is 0 Å². The van der Waals surface area contributed by atoms with E-state index in [2.05, 4.69) is 71.6 Å². The van der Waals surface area contributed by atoms with E-state index in [9.17, 15) is 0 Å². The number of aliphatic imine (C=N–C) groups is 1. The maximum absolute atomic E-state index is 6.21. The van der Waals surface area contributed by atoms with Crippen molar-refractivity contribution in [2.24, 2.45) is 10.9 Å². The van der Waals surface area contributed by atoms with E-state index in [1.54, 1.807) is 0 Å². The summed E-state index contributed by atoms with van der Waals surface area (Å²) in [6.07, 6.45) is 2.45. The Hall–Kier alpha value is -2.42. The number of halogens is 1. The molecule has 3 aliphatic heterocycles. The highest BCUT2D eigenvalue weighted by atomic mass is 35.5. The first-order valence-electron chi connectivity index (χ1n) is 10.9. The van der Waals surface area contributed by atoms with Crippen LogP contribution >= 0.6 is 11.6 Å². The first kappa shape index (κ1) is 19.5. The average Bonchev–Trinajstić information content (AvgIpc) is 2.81. The molecule has 0 spiro atoms. The van der Waals surface area contributed by atoms with Gasteiger partial charge in [-0.3, -0.25) is 9.89 Å². The maximum Gasteiger partial charge on any atom is 0.0640 e. The molecular formula is C27H27ClN2. The molecule has 3 heterocycles. The van der Waals surface area contributed by atoms with Gasteiger partial charge in [0.15, 0.2) is 0 Å². The molecule has 0 radical (unpaired) electrons. The fraction of sp³-hybridized carbons (Fsp3) is 0.296. The molecule has 152 valence electrons. The Morgan fingerprint density at radius 3 is 2.07 bits per heavy atom. The van der Waals surface area contributed by atoms with Crippen molar-refractivity contribution >= 4 is 17.3 Å². The van der Waals surface area contributed by atoms with Crippen LogP contribution in [0.4, 0.5) is 0 Å². The summed E-state index contributed by atoms with van der Waals surface area (Å²) in [5.41, 5.74) is 5.31. The lowest BCUT2D eigenvalue weighted by Crippen LogP contribution is -2.58. The van der Waals surface area contributed by atoms with E-state index < -0.39 is 0 Å². The van der Waals surface area contributed by atoms with Crippen LogP contribution in [0, 0.1) is 5.92 Å². The minimum atomic E-state index is 0.300. The molecular weight excluding hydrogens is 388 g/mol. The molecule has 2 bridgehead atoms. The Morgan fingerprint density at radius 1 is 0.833 bits per heavy atom. The topological polar surface area (TPSA) is 15.6 Å². The van der Waals surface area contributed by atoms with Gasteiger partial charge in [-0.25, -0.2) is 0 Å². The number of rotatable bonds is 5. The minimum absolute atomic E-state index is 0.300. The predicted molar refractivity (Wildman–Crippen MR) is 125 cm³/mol. The van der Waals surface area contributed by atoms with E-state index in [4.69, 9.17) is 16.6 Å². The maximum atomic E-state index is 6.21. The quantitative estimate of drug-likeness (QED) is 0.484. The molecule has 30 heavy (non-hydrogen) atoms. The zero-order valence-electron chi connectivity index (χ0n) is 17.1. The predicted octanol–water partition coefficient (Wildman–Crippen LogP) is 6.21. The molecule has 3 fully saturated rings. The third kappa shape index (κ3) is 3.95. The van der Waals surface area contributed by atoms with Gasteiger partial charge in [0.1, 0.15) is 0 Å². The fourth-order valence-electron chi connectivity index (χ4n) is 5.20. The SMILES string of the molecule is Clc1cccc(C/N=C2\C3CCN(CC3)C2C(c2ccccc2)c2ccccc2)c1. The van der Waals surface area contributed by atoms with Crippen LogP contribution in [0.2, 0.25) is 5.02 Å². The highest BCUT2D eigenvalue weighted by Crippen LogP contribution is 2.40. The summed E-state index contributed by atoms with van der Waals surface area (Å²) in [5, 5.41) is 0.782. The van der Waals surface area contributed by atoms with Crippen LogP contribution in [-0.4, -0.2) is 29.7 Å². The molecule has 1 atom stereocenters. The average molecular weight is 415 g/mol. The van der Waals surface area contributed by atoms with E-state index in [0.29, 0.717) is 24.4 Å². The van der Waals surface area contributed by atoms with Crippen LogP contribution in [0.25, 0.3) is 0 Å². The molecule has 3 aromatic rings. The molecule has 3 saturated heterocycles. The molecule has 2 nitrogen and oxygen atoms in total. The second-order valence-electron chi connectivity index (χ2n) is 8.43. The summed E-state index contributed by atoms with van der Waals surface area (Å²) in [6, 6.07) is 30.4. The van der Waals surface area contributed by atoms with Gasteiger partial charge in [-0.2, -0.15) is 0 Å². The Balaban J connectivity index is 1.56. The number of fused-ring (bicyclic) bond motifs is 3. The van der Waals surface area contributed by atoms with Gasteiger partial charge in [0.05, 0.1) is 12.6 Å². The van der Waals surface area contributed by atoms with Gasteiger partial charge < -0.3 is 0 Å². The molecule has 0 aliphatic carbocycles. The van der Waals surface area contributed by atoms with Crippen LogP contribution in [-0.2, 0) is 6.54 Å². The van der Waals surface area contributed by atoms with Gasteiger partial charge >= 0.3 is 0 Å². The Kier molecular flexibility index (Phi) is 5.70. The second-order valence-corrected chi connectivity index (χ2v) is 8.86. The van der Waals surface area contributed by atoms with Crippen LogP contribution in [0.1, 0.15) is 35.4 Å². The van der Waals surface area contributed by atoms with Crippen LogP contribution < -0.4 is 0 Å². The lowest BCUT2D eigenvalue weighted by atomic mass is 9.72. The van der Waals surface area contributed by atoms with Crippen LogP contribution in [0.15, 0.2) is 89.9 Å². The van der Waals surface area contributed by atoms with Crippen molar-refractivity contribution in [2.45, 2.75) is 31.3 Å². The van der Waals surface area contributed by atoms with Gasteiger partial charge in [0.25, 0.3) is 0 Å². The van der Waals surface area contributed by atoms with E-state index in [0.717, 1.165) is 5.02 Å². The van der Waals surface area contributed by atoms with Gasteiger partial charge in [0.2, 0.25) is 0 Å². The number of benzene rings is 3. The third-order valence-corrected chi connectivity index (χ3v) is 6.85. The zero-order valence-corrected chi connectivity index (χ0v) is 17.9.